The third kappa shape index (κ3) is 3.74. The summed E-state index contributed by atoms with van der Waals surface area (Å²) in [6.45, 7) is 3.30. The van der Waals surface area contributed by atoms with E-state index in [1.165, 1.54) is 24.9 Å². The van der Waals surface area contributed by atoms with Gasteiger partial charge in [0, 0.05) is 31.5 Å². The molecule has 1 aliphatic heterocycles. The Morgan fingerprint density at radius 2 is 2.44 bits per heavy atom. The molecule has 1 N–H and O–H groups in total. The first-order valence-electron chi connectivity index (χ1n) is 5.66. The lowest BCUT2D eigenvalue weighted by molar-refractivity contribution is 0.195. The lowest BCUT2D eigenvalue weighted by atomic mass is 10.1. The fourth-order valence-electron chi connectivity index (χ4n) is 2.12. The summed E-state index contributed by atoms with van der Waals surface area (Å²) in [5.41, 5.74) is 1.30. The minimum Gasteiger partial charge on any atom is -0.315 e. The van der Waals surface area contributed by atoms with Crippen LogP contribution in [0.1, 0.15) is 18.4 Å². The van der Waals surface area contributed by atoms with Crippen molar-refractivity contribution >= 4 is 12.4 Å². The second-order valence-corrected chi connectivity index (χ2v) is 4.28. The van der Waals surface area contributed by atoms with Crippen molar-refractivity contribution in [1.82, 2.24) is 15.2 Å². The molecule has 3 nitrogen and oxygen atoms in total. The van der Waals surface area contributed by atoms with Crippen molar-refractivity contribution in [3.63, 3.8) is 0 Å². The average Bonchev–Trinajstić information content (AvgIpc) is 2.31. The van der Waals surface area contributed by atoms with Gasteiger partial charge in [0.2, 0.25) is 0 Å². The van der Waals surface area contributed by atoms with Crippen LogP contribution in [0.15, 0.2) is 24.5 Å². The van der Waals surface area contributed by atoms with Crippen LogP contribution >= 0.6 is 12.4 Å². The summed E-state index contributed by atoms with van der Waals surface area (Å²) in [5, 5.41) is 3.44. The van der Waals surface area contributed by atoms with E-state index in [4.69, 9.17) is 0 Å². The maximum absolute atomic E-state index is 4.14. The summed E-state index contributed by atoms with van der Waals surface area (Å²) in [6, 6.07) is 4.82. The number of pyridine rings is 1. The SMILES string of the molecule is CN(Cc1cccnc1)C1CCCNC1.Cl. The van der Waals surface area contributed by atoms with Crippen LogP contribution in [0.2, 0.25) is 0 Å². The molecule has 0 radical (unpaired) electrons. The van der Waals surface area contributed by atoms with Crippen molar-refractivity contribution in [1.29, 1.82) is 0 Å². The summed E-state index contributed by atoms with van der Waals surface area (Å²) in [6.07, 6.45) is 6.38. The van der Waals surface area contributed by atoms with Crippen molar-refractivity contribution in [3.05, 3.63) is 30.1 Å². The molecule has 1 unspecified atom stereocenters. The fraction of sp³-hybridized carbons (Fsp3) is 0.583. The Kier molecular flexibility index (Phi) is 5.74. The summed E-state index contributed by atoms with van der Waals surface area (Å²) in [4.78, 5) is 6.56. The highest BCUT2D eigenvalue weighted by Gasteiger charge is 2.17. The van der Waals surface area contributed by atoms with Crippen LogP contribution in [0.5, 0.6) is 0 Å². The van der Waals surface area contributed by atoms with Gasteiger partial charge in [-0.25, -0.2) is 0 Å². The smallest absolute Gasteiger partial charge is 0.0312 e. The molecule has 1 saturated heterocycles. The maximum atomic E-state index is 4.14. The highest BCUT2D eigenvalue weighted by molar-refractivity contribution is 5.85. The van der Waals surface area contributed by atoms with Gasteiger partial charge in [0.15, 0.2) is 0 Å². The van der Waals surface area contributed by atoms with Crippen LogP contribution in [0.25, 0.3) is 0 Å². The van der Waals surface area contributed by atoms with Crippen LogP contribution in [-0.2, 0) is 6.54 Å². The Morgan fingerprint density at radius 1 is 1.56 bits per heavy atom. The zero-order chi connectivity index (χ0) is 10.5. The largest absolute Gasteiger partial charge is 0.315 e. The molecule has 90 valence electrons. The number of aromatic nitrogens is 1. The number of hydrogen-bond acceptors (Lipinski definition) is 3. The molecule has 1 atom stereocenters. The summed E-state index contributed by atoms with van der Waals surface area (Å²) in [7, 11) is 2.20. The molecule has 1 aromatic rings. The third-order valence-electron chi connectivity index (χ3n) is 3.05. The first-order chi connectivity index (χ1) is 7.36. The predicted octanol–water partition coefficient (Wildman–Crippen LogP) is 1.69. The molecule has 0 bridgehead atoms. The van der Waals surface area contributed by atoms with E-state index in [-0.39, 0.29) is 12.4 Å². The third-order valence-corrected chi connectivity index (χ3v) is 3.05. The minimum atomic E-state index is 0. The molecule has 0 aliphatic carbocycles. The van der Waals surface area contributed by atoms with E-state index in [0.29, 0.717) is 6.04 Å². The van der Waals surface area contributed by atoms with E-state index >= 15 is 0 Å². The van der Waals surface area contributed by atoms with E-state index in [0.717, 1.165) is 13.1 Å². The minimum absolute atomic E-state index is 0. The number of rotatable bonds is 3. The van der Waals surface area contributed by atoms with Crippen LogP contribution in [0, 0.1) is 0 Å². The van der Waals surface area contributed by atoms with Gasteiger partial charge in [-0.05, 0) is 38.1 Å². The average molecular weight is 242 g/mol. The van der Waals surface area contributed by atoms with Gasteiger partial charge in [-0.15, -0.1) is 12.4 Å². The topological polar surface area (TPSA) is 28.2 Å². The van der Waals surface area contributed by atoms with E-state index in [1.54, 1.807) is 0 Å². The molecular formula is C12H20ClN3. The molecule has 4 heteroatoms. The quantitative estimate of drug-likeness (QED) is 0.873. The van der Waals surface area contributed by atoms with Gasteiger partial charge in [-0.2, -0.15) is 0 Å². The molecule has 1 aliphatic rings. The standard InChI is InChI=1S/C12H19N3.ClH/c1-15(12-5-3-7-14-9-12)10-11-4-2-6-13-8-11;/h2,4,6,8,12,14H,3,5,7,9-10H2,1H3;1H. The molecule has 16 heavy (non-hydrogen) atoms. The first kappa shape index (κ1) is 13.4. The number of piperidine rings is 1. The number of halogens is 1. The second kappa shape index (κ2) is 6.84. The molecule has 0 aromatic carbocycles. The van der Waals surface area contributed by atoms with Gasteiger partial charge in [0.25, 0.3) is 0 Å². The second-order valence-electron chi connectivity index (χ2n) is 4.28. The Hall–Kier alpha value is -0.640. The van der Waals surface area contributed by atoms with Gasteiger partial charge in [0.1, 0.15) is 0 Å². The van der Waals surface area contributed by atoms with Crippen LogP contribution in [0.4, 0.5) is 0 Å². The molecule has 0 saturated carbocycles. The summed E-state index contributed by atoms with van der Waals surface area (Å²) < 4.78 is 0. The Labute approximate surface area is 104 Å². The van der Waals surface area contributed by atoms with Gasteiger partial charge in [-0.1, -0.05) is 6.07 Å². The molecule has 2 heterocycles. The van der Waals surface area contributed by atoms with Crippen molar-refractivity contribution in [2.24, 2.45) is 0 Å². The fourth-order valence-corrected chi connectivity index (χ4v) is 2.12. The lowest BCUT2D eigenvalue weighted by Gasteiger charge is -2.31. The van der Waals surface area contributed by atoms with Crippen LogP contribution in [0.3, 0.4) is 0 Å². The number of hydrogen-bond donors (Lipinski definition) is 1. The Balaban J connectivity index is 0.00000128. The highest BCUT2D eigenvalue weighted by atomic mass is 35.5. The number of nitrogens with one attached hydrogen (secondary N) is 1. The maximum Gasteiger partial charge on any atom is 0.0312 e. The normalized spacial score (nSPS) is 20.5. The summed E-state index contributed by atoms with van der Waals surface area (Å²) in [5.74, 6) is 0. The predicted molar refractivity (Wildman–Crippen MR) is 68.8 cm³/mol. The zero-order valence-electron chi connectivity index (χ0n) is 9.72. The Morgan fingerprint density at radius 3 is 3.06 bits per heavy atom. The van der Waals surface area contributed by atoms with Crippen LogP contribution < -0.4 is 5.32 Å². The molecule has 1 fully saturated rings. The molecular weight excluding hydrogens is 222 g/mol. The zero-order valence-corrected chi connectivity index (χ0v) is 10.5. The monoisotopic (exact) mass is 241 g/mol. The van der Waals surface area contributed by atoms with Crippen LogP contribution in [-0.4, -0.2) is 36.1 Å². The molecule has 0 spiro atoms. The van der Waals surface area contributed by atoms with Crippen molar-refractivity contribution in [2.45, 2.75) is 25.4 Å². The van der Waals surface area contributed by atoms with E-state index in [1.807, 2.05) is 18.5 Å². The van der Waals surface area contributed by atoms with Gasteiger partial charge in [-0.3, -0.25) is 9.88 Å². The molecule has 0 amide bonds. The van der Waals surface area contributed by atoms with Crippen molar-refractivity contribution in [3.8, 4) is 0 Å². The number of nitrogens with zero attached hydrogens (tertiary/aromatic N) is 2. The van der Waals surface area contributed by atoms with Gasteiger partial charge < -0.3 is 5.32 Å². The van der Waals surface area contributed by atoms with Gasteiger partial charge in [0.05, 0.1) is 0 Å². The number of likely N-dealkylation sites (N-methyl/N-ethyl adjacent to an activating group) is 1. The lowest BCUT2D eigenvalue weighted by Crippen LogP contribution is -2.43. The van der Waals surface area contributed by atoms with Gasteiger partial charge >= 0.3 is 0 Å². The van der Waals surface area contributed by atoms with E-state index in [2.05, 4.69) is 28.3 Å². The van der Waals surface area contributed by atoms with E-state index < -0.39 is 0 Å². The van der Waals surface area contributed by atoms with E-state index in [9.17, 15) is 0 Å². The first-order valence-corrected chi connectivity index (χ1v) is 5.66. The summed E-state index contributed by atoms with van der Waals surface area (Å²) >= 11 is 0. The molecule has 2 rings (SSSR count). The van der Waals surface area contributed by atoms with Crippen molar-refractivity contribution < 1.29 is 0 Å². The molecule has 1 aromatic heterocycles. The highest BCUT2D eigenvalue weighted by Crippen LogP contribution is 2.11. The Bertz CT molecular complexity index is 286. The van der Waals surface area contributed by atoms with Crippen molar-refractivity contribution in [2.75, 3.05) is 20.1 Å².